The summed E-state index contributed by atoms with van der Waals surface area (Å²) in [5.74, 6) is -1.07. The van der Waals surface area contributed by atoms with Crippen molar-refractivity contribution in [1.82, 2.24) is 10.0 Å². The van der Waals surface area contributed by atoms with Gasteiger partial charge in [0.2, 0.25) is 10.0 Å². The molecule has 0 radical (unpaired) electrons. The van der Waals surface area contributed by atoms with E-state index in [1.165, 1.54) is 12.1 Å². The molecule has 0 fully saturated rings. The van der Waals surface area contributed by atoms with E-state index in [1.54, 1.807) is 42.5 Å². The summed E-state index contributed by atoms with van der Waals surface area (Å²) in [6.45, 7) is -0.226. The highest BCUT2D eigenvalue weighted by Crippen LogP contribution is 2.16. The number of hydrogen-bond acceptors (Lipinski definition) is 5. The zero-order chi connectivity index (χ0) is 28.4. The number of nitrogens with one attached hydrogen (secondary N) is 2. The van der Waals surface area contributed by atoms with Gasteiger partial charge in [-0.25, -0.2) is 17.9 Å². The standard InChI is InChI=1S/C31H29BrN2O5S/c32-26-16-18-28(19-17-26)40(37,38)34-27(20-23-10-4-1-5-11-23)22-39-31(36)29(21-24-12-6-2-7-13-24)33-30(35)25-14-8-3-9-15-25/h1-19,27,29,34H,20-22H2,(H,33,35)/t27-,29+/m1/s1. The van der Waals surface area contributed by atoms with E-state index in [-0.39, 0.29) is 17.9 Å². The molecule has 2 N–H and O–H groups in total. The average molecular weight is 622 g/mol. The predicted molar refractivity (Wildman–Crippen MR) is 157 cm³/mol. The second kappa shape index (κ2) is 14.0. The van der Waals surface area contributed by atoms with Gasteiger partial charge in [-0.3, -0.25) is 4.79 Å². The number of carbonyl (C=O) groups excluding carboxylic acids is 2. The van der Waals surface area contributed by atoms with Crippen molar-refractivity contribution in [2.45, 2.75) is 29.8 Å². The van der Waals surface area contributed by atoms with Crippen molar-refractivity contribution >= 4 is 37.8 Å². The average Bonchev–Trinajstić information content (AvgIpc) is 2.97. The van der Waals surface area contributed by atoms with Crippen LogP contribution in [0.25, 0.3) is 0 Å². The lowest BCUT2D eigenvalue weighted by atomic mass is 10.1. The molecule has 40 heavy (non-hydrogen) atoms. The minimum Gasteiger partial charge on any atom is -0.462 e. The first kappa shape index (κ1) is 29.2. The number of benzene rings is 4. The maximum Gasteiger partial charge on any atom is 0.329 e. The van der Waals surface area contributed by atoms with Crippen LogP contribution >= 0.6 is 15.9 Å². The molecule has 0 spiro atoms. The van der Waals surface area contributed by atoms with E-state index in [0.717, 1.165) is 15.6 Å². The molecule has 0 saturated carbocycles. The third-order valence-electron chi connectivity index (χ3n) is 6.11. The van der Waals surface area contributed by atoms with Gasteiger partial charge in [0, 0.05) is 16.5 Å². The van der Waals surface area contributed by atoms with Crippen LogP contribution in [0.5, 0.6) is 0 Å². The molecule has 0 heterocycles. The number of carbonyl (C=O) groups is 2. The minimum atomic E-state index is -3.90. The van der Waals surface area contributed by atoms with Gasteiger partial charge in [-0.15, -0.1) is 0 Å². The third kappa shape index (κ3) is 8.61. The number of amides is 1. The molecular formula is C31H29BrN2O5S. The van der Waals surface area contributed by atoms with E-state index in [2.05, 4.69) is 26.0 Å². The Morgan fingerprint density at radius 3 is 1.82 bits per heavy atom. The third-order valence-corrected chi connectivity index (χ3v) is 8.17. The van der Waals surface area contributed by atoms with E-state index in [4.69, 9.17) is 4.74 Å². The SMILES string of the molecule is O=C(N[C@@H](Cc1ccccc1)C(=O)OC[C@@H](Cc1ccccc1)NS(=O)(=O)c1ccc(Br)cc1)c1ccccc1. The van der Waals surface area contributed by atoms with Gasteiger partial charge in [0.25, 0.3) is 5.91 Å². The highest BCUT2D eigenvalue weighted by atomic mass is 79.9. The lowest BCUT2D eigenvalue weighted by molar-refractivity contribution is -0.146. The first-order chi connectivity index (χ1) is 19.3. The Bertz CT molecular complexity index is 1500. The van der Waals surface area contributed by atoms with Gasteiger partial charge in [-0.2, -0.15) is 0 Å². The lowest BCUT2D eigenvalue weighted by Crippen LogP contribution is -2.46. The fourth-order valence-electron chi connectivity index (χ4n) is 4.09. The fourth-order valence-corrected chi connectivity index (χ4v) is 5.58. The predicted octanol–water partition coefficient (Wildman–Crippen LogP) is 4.92. The highest BCUT2D eigenvalue weighted by molar-refractivity contribution is 9.10. The zero-order valence-electron chi connectivity index (χ0n) is 21.6. The van der Waals surface area contributed by atoms with Crippen LogP contribution < -0.4 is 10.0 Å². The Morgan fingerprint density at radius 1 is 0.725 bits per heavy atom. The Hall–Kier alpha value is -3.79. The fraction of sp³-hybridized carbons (Fsp3) is 0.161. The smallest absolute Gasteiger partial charge is 0.329 e. The van der Waals surface area contributed by atoms with Gasteiger partial charge in [-0.05, 0) is 53.9 Å². The summed E-state index contributed by atoms with van der Waals surface area (Å²) in [6.07, 6.45) is 0.510. The molecule has 0 aliphatic heterocycles. The number of hydrogen-bond donors (Lipinski definition) is 2. The summed E-state index contributed by atoms with van der Waals surface area (Å²) < 4.78 is 35.4. The summed E-state index contributed by atoms with van der Waals surface area (Å²) in [5, 5.41) is 2.78. The van der Waals surface area contributed by atoms with E-state index in [1.807, 2.05) is 60.7 Å². The largest absolute Gasteiger partial charge is 0.462 e. The maximum absolute atomic E-state index is 13.3. The summed E-state index contributed by atoms with van der Waals surface area (Å²) >= 11 is 3.31. The summed E-state index contributed by atoms with van der Waals surface area (Å²) in [7, 11) is -3.90. The number of rotatable bonds is 12. The van der Waals surface area contributed by atoms with Crippen LogP contribution in [-0.4, -0.2) is 39.0 Å². The Balaban J connectivity index is 1.51. The summed E-state index contributed by atoms with van der Waals surface area (Å²) in [6, 6.07) is 31.8. The van der Waals surface area contributed by atoms with E-state index < -0.39 is 34.0 Å². The van der Waals surface area contributed by atoms with Crippen molar-refractivity contribution < 1.29 is 22.7 Å². The van der Waals surface area contributed by atoms with Crippen molar-refractivity contribution in [3.63, 3.8) is 0 Å². The van der Waals surface area contributed by atoms with E-state index >= 15 is 0 Å². The number of halogens is 1. The summed E-state index contributed by atoms with van der Waals surface area (Å²) in [5.41, 5.74) is 2.13. The van der Waals surface area contributed by atoms with Gasteiger partial charge in [0.1, 0.15) is 12.6 Å². The quantitative estimate of drug-likeness (QED) is 0.219. The van der Waals surface area contributed by atoms with Crippen LogP contribution in [0.3, 0.4) is 0 Å². The first-order valence-corrected chi connectivity index (χ1v) is 15.0. The molecule has 0 aromatic heterocycles. The van der Waals surface area contributed by atoms with Crippen LogP contribution in [0.4, 0.5) is 0 Å². The van der Waals surface area contributed by atoms with Gasteiger partial charge in [0.15, 0.2) is 0 Å². The Morgan fingerprint density at radius 2 is 1.25 bits per heavy atom. The Labute approximate surface area is 242 Å². The van der Waals surface area contributed by atoms with E-state index in [9.17, 15) is 18.0 Å². The molecule has 4 rings (SSSR count). The van der Waals surface area contributed by atoms with E-state index in [0.29, 0.717) is 12.0 Å². The summed E-state index contributed by atoms with van der Waals surface area (Å²) in [4.78, 5) is 26.3. The lowest BCUT2D eigenvalue weighted by Gasteiger charge is -2.22. The number of sulfonamides is 1. The molecule has 1 amide bonds. The van der Waals surface area contributed by atoms with Crippen molar-refractivity contribution in [3.8, 4) is 0 Å². The second-order valence-electron chi connectivity index (χ2n) is 9.17. The molecule has 4 aromatic carbocycles. The maximum atomic E-state index is 13.3. The number of esters is 1. The van der Waals surface area contributed by atoms with Crippen LogP contribution in [0.15, 0.2) is 125 Å². The van der Waals surface area contributed by atoms with Crippen LogP contribution in [0, 0.1) is 0 Å². The molecule has 0 aliphatic carbocycles. The van der Waals surface area contributed by atoms with Crippen LogP contribution in [-0.2, 0) is 32.4 Å². The van der Waals surface area contributed by atoms with Crippen molar-refractivity contribution in [3.05, 3.63) is 136 Å². The zero-order valence-corrected chi connectivity index (χ0v) is 24.0. The molecule has 0 aliphatic rings. The molecule has 7 nitrogen and oxygen atoms in total. The molecule has 0 saturated heterocycles. The molecule has 0 bridgehead atoms. The molecule has 2 atom stereocenters. The molecule has 9 heteroatoms. The van der Waals surface area contributed by atoms with Gasteiger partial charge in [-0.1, -0.05) is 94.8 Å². The van der Waals surface area contributed by atoms with Crippen molar-refractivity contribution in [2.24, 2.45) is 0 Å². The van der Waals surface area contributed by atoms with Crippen LogP contribution in [0.2, 0.25) is 0 Å². The highest BCUT2D eigenvalue weighted by Gasteiger charge is 2.27. The van der Waals surface area contributed by atoms with Crippen LogP contribution in [0.1, 0.15) is 21.5 Å². The van der Waals surface area contributed by atoms with Gasteiger partial charge in [0.05, 0.1) is 10.9 Å². The second-order valence-corrected chi connectivity index (χ2v) is 11.8. The monoisotopic (exact) mass is 620 g/mol. The minimum absolute atomic E-state index is 0.0946. The Kier molecular flexibility index (Phi) is 10.2. The molecule has 0 unspecified atom stereocenters. The molecule has 4 aromatic rings. The number of ether oxygens (including phenoxy) is 1. The molecular weight excluding hydrogens is 592 g/mol. The van der Waals surface area contributed by atoms with Gasteiger partial charge >= 0.3 is 5.97 Å². The van der Waals surface area contributed by atoms with Gasteiger partial charge < -0.3 is 10.1 Å². The molecule has 206 valence electrons. The first-order valence-electron chi connectivity index (χ1n) is 12.7. The normalized spacial score (nSPS) is 12.7. The van der Waals surface area contributed by atoms with Crippen molar-refractivity contribution in [1.29, 1.82) is 0 Å². The topological polar surface area (TPSA) is 102 Å². The van der Waals surface area contributed by atoms with Crippen molar-refractivity contribution in [2.75, 3.05) is 6.61 Å².